The van der Waals surface area contributed by atoms with E-state index in [1.165, 1.54) is 116 Å². The molecule has 8 bridgehead atoms. The number of carbonyl (C=O) groups excluding carboxylic acids is 1. The standard InChI is InChI=1S/C23H21F3N4O3S.C21H16F4N2O3S.C21H19F3N4O3S.C21H17F3N4O3S.C4H8O2.C3H7N/c1-3-14-27-19-10-7-11-21(28-19)34(31,32)30-20-13-12-17(23(24,25)26)22(29-20)16-8-5-6-9-18(16)33-15-4-2;1-2-12-30-17-7-4-3-6-15(17)20-16(21(23,24)25)11-10-14(26-20)13-31(28,29)19-9-5-8-18(22)27-19;2*22-21(23,24)15-10-11-18-27-20(15)14-6-1-2-7-16(14)31-13-4-3-12-25-17-8-5-9-19(26-17)32(29,30)28-18;1-3-6-4(2)5;1-2-3-4/h3-13H,1-2,14-15H2,(H,27,28)(H,29,30);2-11H,1,12-13H2;1-2,5-11H,3-4,12-13H2,(H,25,26)(H,27,28);1-11H,12-13H2,(H,25,26)(H,27,28);3H2,1-2H3;2H,1,3-4H2. The van der Waals surface area contributed by atoms with Gasteiger partial charge in [0.2, 0.25) is 15.8 Å². The van der Waals surface area contributed by atoms with Gasteiger partial charge in [0.05, 0.1) is 69.7 Å². The number of sulfone groups is 1. The van der Waals surface area contributed by atoms with Crippen LogP contribution in [0.1, 0.15) is 54.6 Å². The van der Waals surface area contributed by atoms with Gasteiger partial charge in [-0.3, -0.25) is 23.9 Å². The molecule has 10 heterocycles. The fourth-order valence-corrected chi connectivity index (χ4v) is 16.3. The van der Waals surface area contributed by atoms with Gasteiger partial charge in [0.15, 0.2) is 20.1 Å². The fraction of sp³-hybridized carbons (Fsp3) is 0.194. The average Bonchev–Trinajstić information content (AvgIpc) is 0.787. The number of carbonyl (C=O) groups is 1. The number of anilines is 6. The lowest BCUT2D eigenvalue weighted by Gasteiger charge is -2.17. The van der Waals surface area contributed by atoms with Crippen molar-refractivity contribution in [1.29, 1.82) is 0 Å². The van der Waals surface area contributed by atoms with Gasteiger partial charge in [0.1, 0.15) is 77.7 Å². The minimum absolute atomic E-state index is 0.0415. The summed E-state index contributed by atoms with van der Waals surface area (Å²) in [5.41, 5.74) is -0.909. The van der Waals surface area contributed by atoms with Crippen LogP contribution in [-0.2, 0) is 79.9 Å². The maximum absolute atomic E-state index is 13.7. The van der Waals surface area contributed by atoms with E-state index in [-0.39, 0.29) is 115 Å². The van der Waals surface area contributed by atoms with Gasteiger partial charge >= 0.3 is 30.7 Å². The smallest absolute Gasteiger partial charge is 0.418 e. The van der Waals surface area contributed by atoms with E-state index < -0.39 is 126 Å². The Morgan fingerprint density at radius 1 is 0.475 bits per heavy atom. The SMILES string of the molecule is C=CCN.C=CCNc1cccc(S(=O)(=O)Nc2ccc(C(F)(F)F)c(-c3ccccc3OCC=C)n2)n1.C=CCOc1ccccc1-c1nc(CS(=O)(=O)c2cccc(F)n2)ccc1C(F)(F)F.CCOC(C)=O.O=S1(=O)Nc2ccc(C(F)(F)F)c(n2)-c2ccccc2OCC=CCNc2cccc1n2.O=S1(=O)Nc2ccc(C(F)(F)F)c(n2)-c2ccccc2OCCCCNc2cccc1n2. The normalized spacial score (nSPS) is 13.3. The monoisotopic (exact) mass is 2010 g/mol. The molecule has 8 aromatic heterocycles. The molecule has 0 saturated carbocycles. The third-order valence-corrected chi connectivity index (χ3v) is 23.5. The van der Waals surface area contributed by atoms with Crippen LogP contribution in [0.15, 0.2) is 301 Å². The molecule has 0 saturated heterocycles. The number of hydrogen-bond donors (Lipinski definition) is 7. The van der Waals surface area contributed by atoms with E-state index in [0.29, 0.717) is 63.9 Å². The van der Waals surface area contributed by atoms with Crippen LogP contribution in [0.2, 0.25) is 0 Å². The predicted octanol–water partition coefficient (Wildman–Crippen LogP) is 19.5. The first-order valence-electron chi connectivity index (χ1n) is 41.1. The number of benzene rings is 4. The summed E-state index contributed by atoms with van der Waals surface area (Å²) >= 11 is 0. The van der Waals surface area contributed by atoms with Crippen LogP contribution in [0.25, 0.3) is 45.0 Å². The second kappa shape index (κ2) is 49.2. The number of sulfonamides is 3. The van der Waals surface area contributed by atoms with Crippen LogP contribution in [0.5, 0.6) is 23.0 Å². The summed E-state index contributed by atoms with van der Waals surface area (Å²) in [6.45, 7) is 19.9. The van der Waals surface area contributed by atoms with Crippen LogP contribution in [0.4, 0.5) is 92.0 Å². The summed E-state index contributed by atoms with van der Waals surface area (Å²) in [4.78, 5) is 41.3. The van der Waals surface area contributed by atoms with Crippen molar-refractivity contribution in [2.24, 2.45) is 5.73 Å². The van der Waals surface area contributed by atoms with E-state index in [0.717, 1.165) is 60.7 Å². The van der Waals surface area contributed by atoms with Crippen molar-refractivity contribution in [2.45, 2.75) is 77.3 Å². The topological polar surface area (TPSA) is 401 Å². The number of nitrogens with two attached hydrogens (primary N) is 1. The van der Waals surface area contributed by atoms with Gasteiger partial charge in [-0.2, -0.15) is 82.3 Å². The minimum atomic E-state index is -4.74. The highest BCUT2D eigenvalue weighted by molar-refractivity contribution is 7.93. The number of pyridine rings is 8. The molecule has 2 aliphatic heterocycles. The zero-order valence-electron chi connectivity index (χ0n) is 73.5. The maximum Gasteiger partial charge on any atom is 0.418 e. The van der Waals surface area contributed by atoms with Crippen molar-refractivity contribution in [3.63, 3.8) is 0 Å². The van der Waals surface area contributed by atoms with E-state index in [2.05, 4.69) is 101 Å². The Balaban J connectivity index is 0.000000200. The van der Waals surface area contributed by atoms with Crippen molar-refractivity contribution >= 4 is 80.8 Å². The highest BCUT2D eigenvalue weighted by atomic mass is 32.2. The number of para-hydroxylation sites is 4. The van der Waals surface area contributed by atoms with E-state index >= 15 is 0 Å². The second-order valence-corrected chi connectivity index (χ2v) is 35.2. The van der Waals surface area contributed by atoms with Crippen molar-refractivity contribution in [2.75, 3.05) is 89.3 Å². The van der Waals surface area contributed by atoms with E-state index in [4.69, 9.17) is 24.7 Å². The number of ether oxygens (including phenoxy) is 5. The number of halogens is 13. The van der Waals surface area contributed by atoms with Gasteiger partial charge in [-0.25, -0.2) is 43.3 Å². The average molecular weight is 2020 g/mol. The number of nitrogens with one attached hydrogen (secondary N) is 6. The molecule has 0 unspecified atom stereocenters. The van der Waals surface area contributed by atoms with Gasteiger partial charge in [0.25, 0.3) is 30.1 Å². The zero-order valence-corrected chi connectivity index (χ0v) is 76.7. The Hall–Kier alpha value is -14.9. The first-order valence-corrected chi connectivity index (χ1v) is 47.2. The molecule has 734 valence electrons. The summed E-state index contributed by atoms with van der Waals surface area (Å²) in [6, 6.07) is 47.7. The molecular formula is C93H88F13N15O14S4. The van der Waals surface area contributed by atoms with Crippen molar-refractivity contribution < 1.29 is 119 Å². The van der Waals surface area contributed by atoms with Crippen LogP contribution < -0.4 is 54.8 Å². The number of aromatic nitrogens is 8. The second-order valence-electron chi connectivity index (χ2n) is 28.4. The van der Waals surface area contributed by atoms with Crippen molar-refractivity contribution in [1.82, 2.24) is 39.9 Å². The van der Waals surface area contributed by atoms with Gasteiger partial charge < -0.3 is 45.4 Å². The minimum Gasteiger partial charge on any atom is -0.493 e. The Bertz CT molecular complexity index is 6830. The lowest BCUT2D eigenvalue weighted by molar-refractivity contribution is -0.140. The molecule has 0 spiro atoms. The van der Waals surface area contributed by atoms with E-state index in [1.54, 1.807) is 91.9 Å². The Labute approximate surface area is 790 Å². The lowest BCUT2D eigenvalue weighted by Crippen LogP contribution is -2.18. The third-order valence-electron chi connectivity index (χ3n) is 18.2. The predicted molar refractivity (Wildman–Crippen MR) is 497 cm³/mol. The molecule has 29 nitrogen and oxygen atoms in total. The molecule has 139 heavy (non-hydrogen) atoms. The van der Waals surface area contributed by atoms with Crippen molar-refractivity contribution in [3.8, 4) is 68.0 Å². The molecule has 4 aromatic carbocycles. The number of nitrogens with zero attached hydrogens (tertiary/aromatic N) is 8. The maximum atomic E-state index is 13.7. The Kier molecular flexibility index (Phi) is 38.2. The quantitative estimate of drug-likeness (QED) is 0.0171. The largest absolute Gasteiger partial charge is 0.493 e. The van der Waals surface area contributed by atoms with Gasteiger partial charge in [-0.1, -0.05) is 116 Å². The number of esters is 1. The summed E-state index contributed by atoms with van der Waals surface area (Å²) in [6.07, 6.45) is -8.06. The molecule has 0 atom stereocenters. The number of fused-ring (bicyclic) bond motifs is 12. The van der Waals surface area contributed by atoms with Crippen LogP contribution >= 0.6 is 0 Å². The number of rotatable bonds is 19. The molecule has 12 aromatic rings. The first-order chi connectivity index (χ1) is 65.9. The molecular weight excluding hydrogens is 1930 g/mol. The molecule has 0 fully saturated rings. The van der Waals surface area contributed by atoms with E-state index in [9.17, 15) is 95.5 Å². The Morgan fingerprint density at radius 3 is 1.42 bits per heavy atom. The van der Waals surface area contributed by atoms with Gasteiger partial charge in [-0.05, 0) is 171 Å². The highest BCUT2D eigenvalue weighted by Crippen LogP contribution is 2.46. The van der Waals surface area contributed by atoms with Gasteiger partial charge in [0, 0.05) is 55.4 Å². The molecule has 46 heteroatoms. The van der Waals surface area contributed by atoms with Gasteiger partial charge in [-0.15, -0.1) is 13.2 Å². The Morgan fingerprint density at radius 2 is 0.935 bits per heavy atom. The summed E-state index contributed by atoms with van der Waals surface area (Å²) < 4.78 is 313. The molecule has 0 aliphatic carbocycles. The molecule has 0 radical (unpaired) electrons. The van der Waals surface area contributed by atoms with Crippen LogP contribution in [-0.4, -0.2) is 139 Å². The molecule has 0 amide bonds. The lowest BCUT2D eigenvalue weighted by atomic mass is 10.0. The molecule has 14 rings (SSSR count). The van der Waals surface area contributed by atoms with Crippen LogP contribution in [0, 0.1) is 5.95 Å². The summed E-state index contributed by atoms with van der Waals surface area (Å²) in [5, 5.41) is 7.44. The van der Waals surface area contributed by atoms with Crippen LogP contribution in [0.3, 0.4) is 0 Å². The third kappa shape index (κ3) is 31.6. The summed E-state index contributed by atoms with van der Waals surface area (Å²) in [7, 11) is -16.8. The molecule has 8 N–H and O–H groups in total. The number of hydrogen-bond acceptors (Lipinski definition) is 26. The fourth-order valence-electron chi connectivity index (χ4n) is 12.2. The van der Waals surface area contributed by atoms with Crippen molar-refractivity contribution in [3.05, 3.63) is 315 Å². The molecule has 2 aliphatic rings. The van der Waals surface area contributed by atoms with E-state index in [1.807, 2.05) is 0 Å². The first kappa shape index (κ1) is 108. The highest BCUT2D eigenvalue weighted by Gasteiger charge is 2.40. The number of alkyl halides is 12. The summed E-state index contributed by atoms with van der Waals surface area (Å²) in [5.74, 6) is -1.16. The zero-order chi connectivity index (χ0) is 101.